The van der Waals surface area contributed by atoms with Crippen molar-refractivity contribution in [2.45, 2.75) is 6.92 Å². The van der Waals surface area contributed by atoms with Crippen molar-refractivity contribution in [1.82, 2.24) is 4.57 Å². The summed E-state index contributed by atoms with van der Waals surface area (Å²) in [7, 11) is 0. The smallest absolute Gasteiger partial charge is 0.162 e. The molecule has 0 aliphatic carbocycles. The Morgan fingerprint density at radius 1 is 0.840 bits per heavy atom. The minimum Gasteiger partial charge on any atom is -0.508 e. The highest BCUT2D eigenvalue weighted by atomic mass is 16.3. The minimum atomic E-state index is 0.0348. The molecule has 0 spiro atoms. The van der Waals surface area contributed by atoms with Crippen molar-refractivity contribution in [3.63, 3.8) is 0 Å². The number of fused-ring (bicyclic) bond motifs is 1. The van der Waals surface area contributed by atoms with Crippen LogP contribution in [0.1, 0.15) is 17.3 Å². The molecular weight excluding hydrogens is 310 g/mol. The number of phenolic OH excluding ortho intramolecular Hbond substituents is 1. The number of carbonyl (C=O) groups excluding carboxylic acids is 1. The Labute approximate surface area is 145 Å². The van der Waals surface area contributed by atoms with Gasteiger partial charge in [0.2, 0.25) is 0 Å². The third kappa shape index (κ3) is 2.50. The largest absolute Gasteiger partial charge is 0.508 e. The summed E-state index contributed by atoms with van der Waals surface area (Å²) < 4.78 is 2.08. The number of benzene rings is 3. The van der Waals surface area contributed by atoms with E-state index in [4.69, 9.17) is 0 Å². The molecule has 4 aromatic rings. The van der Waals surface area contributed by atoms with Gasteiger partial charge in [0.25, 0.3) is 0 Å². The maximum absolute atomic E-state index is 12.5. The van der Waals surface area contributed by atoms with Crippen LogP contribution >= 0.6 is 0 Å². The van der Waals surface area contributed by atoms with E-state index in [0.717, 1.165) is 33.4 Å². The van der Waals surface area contributed by atoms with Crippen molar-refractivity contribution in [3.05, 3.63) is 84.4 Å². The predicted octanol–water partition coefficient (Wildman–Crippen LogP) is 5.21. The fraction of sp³-hybridized carbons (Fsp3) is 0.0455. The maximum atomic E-state index is 12.5. The fourth-order valence-corrected chi connectivity index (χ4v) is 3.34. The van der Waals surface area contributed by atoms with Crippen LogP contribution in [0.4, 0.5) is 0 Å². The number of nitrogens with zero attached hydrogens (tertiary/aromatic N) is 1. The molecule has 0 aliphatic rings. The van der Waals surface area contributed by atoms with E-state index in [1.807, 2.05) is 66.7 Å². The lowest BCUT2D eigenvalue weighted by molar-refractivity contribution is 0.102. The molecule has 1 heterocycles. The summed E-state index contributed by atoms with van der Waals surface area (Å²) in [6.07, 6.45) is 0. The quantitative estimate of drug-likeness (QED) is 0.525. The second-order valence-electron chi connectivity index (χ2n) is 6.01. The van der Waals surface area contributed by atoms with Gasteiger partial charge in [-0.1, -0.05) is 48.5 Å². The van der Waals surface area contributed by atoms with Crippen LogP contribution in [0.25, 0.3) is 27.8 Å². The second-order valence-corrected chi connectivity index (χ2v) is 6.01. The highest BCUT2D eigenvalue weighted by Gasteiger charge is 2.22. The van der Waals surface area contributed by atoms with E-state index in [1.54, 1.807) is 19.1 Å². The number of carbonyl (C=O) groups is 1. The van der Waals surface area contributed by atoms with Crippen molar-refractivity contribution in [2.75, 3.05) is 0 Å². The Kier molecular flexibility index (Phi) is 3.62. The zero-order valence-corrected chi connectivity index (χ0v) is 13.8. The van der Waals surface area contributed by atoms with E-state index in [9.17, 15) is 9.90 Å². The number of ketones is 1. The predicted molar refractivity (Wildman–Crippen MR) is 100 cm³/mol. The van der Waals surface area contributed by atoms with Crippen LogP contribution in [0, 0.1) is 0 Å². The Morgan fingerprint density at radius 3 is 2.16 bits per heavy atom. The monoisotopic (exact) mass is 327 g/mol. The Bertz CT molecular complexity index is 1060. The number of para-hydroxylation sites is 1. The van der Waals surface area contributed by atoms with Crippen LogP contribution in [0.5, 0.6) is 5.75 Å². The molecule has 0 saturated carbocycles. The number of Topliss-reactive ketones (excluding diaryl/α,β-unsaturated/α-hetero) is 1. The lowest BCUT2D eigenvalue weighted by atomic mass is 10.0. The number of aromatic nitrogens is 1. The molecule has 3 nitrogen and oxygen atoms in total. The zero-order chi connectivity index (χ0) is 17.4. The zero-order valence-electron chi connectivity index (χ0n) is 13.8. The van der Waals surface area contributed by atoms with Crippen molar-refractivity contribution in [3.8, 4) is 22.7 Å². The van der Waals surface area contributed by atoms with Crippen LogP contribution in [0.15, 0.2) is 78.9 Å². The first-order chi connectivity index (χ1) is 12.2. The maximum Gasteiger partial charge on any atom is 0.162 e. The first-order valence-electron chi connectivity index (χ1n) is 8.16. The van der Waals surface area contributed by atoms with E-state index >= 15 is 0 Å². The van der Waals surface area contributed by atoms with Crippen molar-refractivity contribution >= 4 is 16.7 Å². The van der Waals surface area contributed by atoms with Gasteiger partial charge >= 0.3 is 0 Å². The van der Waals surface area contributed by atoms with Gasteiger partial charge in [0.05, 0.1) is 16.8 Å². The van der Waals surface area contributed by atoms with Crippen LogP contribution in [-0.4, -0.2) is 15.5 Å². The van der Waals surface area contributed by atoms with Crippen LogP contribution in [0.2, 0.25) is 0 Å². The molecule has 0 amide bonds. The summed E-state index contributed by atoms with van der Waals surface area (Å²) in [6, 6.07) is 24.9. The van der Waals surface area contributed by atoms with Gasteiger partial charge in [-0.3, -0.25) is 4.79 Å². The molecule has 0 aliphatic heterocycles. The van der Waals surface area contributed by atoms with Crippen molar-refractivity contribution < 1.29 is 9.90 Å². The van der Waals surface area contributed by atoms with Crippen molar-refractivity contribution in [1.29, 1.82) is 0 Å². The van der Waals surface area contributed by atoms with Crippen LogP contribution < -0.4 is 0 Å². The van der Waals surface area contributed by atoms with Crippen LogP contribution in [0.3, 0.4) is 0 Å². The molecule has 0 saturated heterocycles. The summed E-state index contributed by atoms with van der Waals surface area (Å²) in [6.45, 7) is 1.61. The number of rotatable bonds is 3. The highest BCUT2D eigenvalue weighted by molar-refractivity contribution is 6.13. The normalized spacial score (nSPS) is 10.9. The molecule has 1 N–H and O–H groups in total. The van der Waals surface area contributed by atoms with Gasteiger partial charge in [0.1, 0.15) is 5.75 Å². The molecule has 25 heavy (non-hydrogen) atoms. The summed E-state index contributed by atoms with van der Waals surface area (Å²) >= 11 is 0. The molecule has 0 fully saturated rings. The third-order valence-electron chi connectivity index (χ3n) is 4.38. The van der Waals surface area contributed by atoms with E-state index in [-0.39, 0.29) is 11.5 Å². The highest BCUT2D eigenvalue weighted by Crippen LogP contribution is 2.36. The number of hydrogen-bond acceptors (Lipinski definition) is 2. The summed E-state index contributed by atoms with van der Waals surface area (Å²) in [5, 5.41) is 10.6. The van der Waals surface area contributed by atoms with E-state index in [1.165, 1.54) is 0 Å². The van der Waals surface area contributed by atoms with E-state index in [0.29, 0.717) is 0 Å². The number of hydrogen-bond donors (Lipinski definition) is 1. The van der Waals surface area contributed by atoms with E-state index < -0.39 is 0 Å². The molecule has 4 rings (SSSR count). The van der Waals surface area contributed by atoms with Gasteiger partial charge in [-0.25, -0.2) is 0 Å². The molecule has 3 heteroatoms. The van der Waals surface area contributed by atoms with Gasteiger partial charge in [-0.05, 0) is 42.8 Å². The average molecular weight is 327 g/mol. The number of aromatic hydroxyl groups is 1. The first kappa shape index (κ1) is 15.2. The standard InChI is InChI=1S/C22H17NO2/c1-15(24)21-19-9-5-6-10-20(19)23(17-11-13-18(25)14-12-17)22(21)16-7-3-2-4-8-16/h2-14,25H,1H3. The molecule has 3 aromatic carbocycles. The fourth-order valence-electron chi connectivity index (χ4n) is 3.34. The van der Waals surface area contributed by atoms with E-state index in [2.05, 4.69) is 4.57 Å². The molecular formula is C22H17NO2. The minimum absolute atomic E-state index is 0.0348. The van der Waals surface area contributed by atoms with Crippen molar-refractivity contribution in [2.24, 2.45) is 0 Å². The lowest BCUT2D eigenvalue weighted by Crippen LogP contribution is -2.00. The van der Waals surface area contributed by atoms with Gasteiger partial charge in [0, 0.05) is 11.1 Å². The molecule has 0 atom stereocenters. The number of phenols is 1. The summed E-state index contributed by atoms with van der Waals surface area (Å²) in [5.74, 6) is 0.251. The Balaban J connectivity index is 2.16. The molecule has 122 valence electrons. The van der Waals surface area contributed by atoms with Crippen LogP contribution in [-0.2, 0) is 0 Å². The molecule has 0 radical (unpaired) electrons. The summed E-state index contributed by atoms with van der Waals surface area (Å²) in [5.41, 5.74) is 4.45. The Morgan fingerprint density at radius 2 is 1.48 bits per heavy atom. The molecule has 0 bridgehead atoms. The van der Waals surface area contributed by atoms with Gasteiger partial charge in [-0.2, -0.15) is 0 Å². The van der Waals surface area contributed by atoms with Gasteiger partial charge < -0.3 is 9.67 Å². The lowest BCUT2D eigenvalue weighted by Gasteiger charge is -2.12. The van der Waals surface area contributed by atoms with Gasteiger partial charge in [0.15, 0.2) is 5.78 Å². The topological polar surface area (TPSA) is 42.2 Å². The van der Waals surface area contributed by atoms with Gasteiger partial charge in [-0.15, -0.1) is 0 Å². The Hall–Kier alpha value is -3.33. The second kappa shape index (κ2) is 5.95. The average Bonchev–Trinajstić information content (AvgIpc) is 2.98. The SMILES string of the molecule is CC(=O)c1c(-c2ccccc2)n(-c2ccc(O)cc2)c2ccccc12. The first-order valence-corrected chi connectivity index (χ1v) is 8.16. The third-order valence-corrected chi connectivity index (χ3v) is 4.38. The molecule has 1 aromatic heterocycles. The summed E-state index contributed by atoms with van der Waals surface area (Å²) in [4.78, 5) is 12.5. The molecule has 0 unspecified atom stereocenters.